The molecule has 0 radical (unpaired) electrons. The number of non-ortho nitro benzene ring substituents is 1. The molecule has 6 nitrogen and oxygen atoms in total. The summed E-state index contributed by atoms with van der Waals surface area (Å²) >= 11 is 5.51. The highest BCUT2D eigenvalue weighted by molar-refractivity contribution is 7.92. The average Bonchev–Trinajstić information content (AvgIpc) is 2.53. The van der Waals surface area contributed by atoms with Crippen LogP contribution in [0.2, 0.25) is 5.02 Å². The predicted octanol–water partition coefficient (Wildman–Crippen LogP) is 4.09. The van der Waals surface area contributed by atoms with E-state index in [0.29, 0.717) is 10.4 Å². The number of rotatable bonds is 4. The van der Waals surface area contributed by atoms with Crippen molar-refractivity contribution < 1.29 is 26.5 Å². The van der Waals surface area contributed by atoms with Crippen LogP contribution in [0.3, 0.4) is 0 Å². The molecule has 0 aliphatic rings. The van der Waals surface area contributed by atoms with Crippen LogP contribution in [0, 0.1) is 10.1 Å². The Morgan fingerprint density at radius 2 is 1.68 bits per heavy atom. The van der Waals surface area contributed by atoms with Gasteiger partial charge in [0.25, 0.3) is 15.7 Å². The first-order valence-corrected chi connectivity index (χ1v) is 8.36. The molecule has 0 fully saturated rings. The molecule has 0 heterocycles. The third-order valence-corrected chi connectivity index (χ3v) is 5.45. The van der Waals surface area contributed by atoms with Gasteiger partial charge in [0.1, 0.15) is 0 Å². The standard InChI is InChI=1S/C14H10ClF3N2O4S/c1-19(10-4-7-13(15)12(8-10)14(16,17)18)25(23,24)11-5-2-9(3-6-11)20(21)22/h2-8H,1H3. The van der Waals surface area contributed by atoms with Crippen LogP contribution in [-0.2, 0) is 16.2 Å². The Bertz CT molecular complexity index is 915. The molecule has 0 unspecified atom stereocenters. The number of alkyl halides is 3. The zero-order chi connectivity index (χ0) is 19.0. The monoisotopic (exact) mass is 394 g/mol. The van der Waals surface area contributed by atoms with Crippen molar-refractivity contribution in [2.75, 3.05) is 11.4 Å². The van der Waals surface area contributed by atoms with Crippen LogP contribution in [0.25, 0.3) is 0 Å². The number of nitro benzene ring substituents is 1. The lowest BCUT2D eigenvalue weighted by atomic mass is 10.2. The molecule has 0 saturated carbocycles. The minimum atomic E-state index is -4.74. The molecule has 2 aromatic rings. The second-order valence-electron chi connectivity index (χ2n) is 4.89. The van der Waals surface area contributed by atoms with Crippen LogP contribution in [0.1, 0.15) is 5.56 Å². The van der Waals surface area contributed by atoms with E-state index in [4.69, 9.17) is 11.6 Å². The number of nitrogens with zero attached hydrogens (tertiary/aromatic N) is 2. The molecule has 25 heavy (non-hydrogen) atoms. The Morgan fingerprint density at radius 1 is 1.12 bits per heavy atom. The molecule has 0 bridgehead atoms. The zero-order valence-corrected chi connectivity index (χ0v) is 14.1. The lowest BCUT2D eigenvalue weighted by molar-refractivity contribution is -0.384. The third kappa shape index (κ3) is 3.85. The third-order valence-electron chi connectivity index (χ3n) is 3.32. The Balaban J connectivity index is 2.45. The Labute approximate surface area is 145 Å². The molecule has 0 aromatic heterocycles. The molecule has 2 rings (SSSR count). The molecular formula is C14H10ClF3N2O4S. The fourth-order valence-electron chi connectivity index (χ4n) is 1.96. The van der Waals surface area contributed by atoms with E-state index in [1.807, 2.05) is 0 Å². The summed E-state index contributed by atoms with van der Waals surface area (Å²) in [6.07, 6.45) is -4.74. The van der Waals surface area contributed by atoms with Gasteiger partial charge in [0.15, 0.2) is 0 Å². The first-order chi connectivity index (χ1) is 11.4. The molecule has 134 valence electrons. The van der Waals surface area contributed by atoms with Gasteiger partial charge in [-0.05, 0) is 30.3 Å². The smallest absolute Gasteiger partial charge is 0.269 e. The van der Waals surface area contributed by atoms with E-state index in [0.717, 1.165) is 43.4 Å². The van der Waals surface area contributed by atoms with Gasteiger partial charge in [0, 0.05) is 19.2 Å². The van der Waals surface area contributed by atoms with Gasteiger partial charge in [-0.15, -0.1) is 0 Å². The topological polar surface area (TPSA) is 80.5 Å². The largest absolute Gasteiger partial charge is 0.417 e. The Kier molecular flexibility index (Phi) is 4.96. The molecule has 0 spiro atoms. The van der Waals surface area contributed by atoms with Crippen LogP contribution in [-0.4, -0.2) is 20.4 Å². The summed E-state index contributed by atoms with van der Waals surface area (Å²) in [5.74, 6) is 0. The first-order valence-electron chi connectivity index (χ1n) is 6.54. The summed E-state index contributed by atoms with van der Waals surface area (Å²) in [6, 6.07) is 6.68. The quantitative estimate of drug-likeness (QED) is 0.577. The predicted molar refractivity (Wildman–Crippen MR) is 85.1 cm³/mol. The van der Waals surface area contributed by atoms with Gasteiger partial charge in [0.2, 0.25) is 0 Å². The van der Waals surface area contributed by atoms with E-state index < -0.39 is 31.7 Å². The summed E-state index contributed by atoms with van der Waals surface area (Å²) in [5.41, 5.74) is -1.74. The number of sulfonamides is 1. The van der Waals surface area contributed by atoms with Crippen LogP contribution >= 0.6 is 11.6 Å². The van der Waals surface area contributed by atoms with Crippen LogP contribution < -0.4 is 4.31 Å². The first kappa shape index (κ1) is 19.0. The van der Waals surface area contributed by atoms with Gasteiger partial charge in [-0.2, -0.15) is 13.2 Å². The summed E-state index contributed by atoms with van der Waals surface area (Å²) in [4.78, 5) is 9.61. The molecular weight excluding hydrogens is 385 g/mol. The fourth-order valence-corrected chi connectivity index (χ4v) is 3.38. The highest BCUT2D eigenvalue weighted by Gasteiger charge is 2.34. The molecule has 11 heteroatoms. The highest BCUT2D eigenvalue weighted by Crippen LogP contribution is 2.37. The Hall–Kier alpha value is -2.33. The van der Waals surface area contributed by atoms with Crippen molar-refractivity contribution in [3.8, 4) is 0 Å². The normalized spacial score (nSPS) is 12.0. The van der Waals surface area contributed by atoms with E-state index in [2.05, 4.69) is 0 Å². The van der Waals surface area contributed by atoms with Crippen molar-refractivity contribution in [3.63, 3.8) is 0 Å². The molecule has 0 saturated heterocycles. The molecule has 0 amide bonds. The molecule has 0 aliphatic heterocycles. The van der Waals surface area contributed by atoms with Crippen molar-refractivity contribution in [1.29, 1.82) is 0 Å². The average molecular weight is 395 g/mol. The minimum Gasteiger partial charge on any atom is -0.269 e. The van der Waals surface area contributed by atoms with Gasteiger partial charge < -0.3 is 0 Å². The fraction of sp³-hybridized carbons (Fsp3) is 0.143. The summed E-state index contributed by atoms with van der Waals surface area (Å²) < 4.78 is 64.4. The van der Waals surface area contributed by atoms with E-state index in [1.165, 1.54) is 0 Å². The SMILES string of the molecule is CN(c1ccc(Cl)c(C(F)(F)F)c1)S(=O)(=O)c1ccc([N+](=O)[O-])cc1. The van der Waals surface area contributed by atoms with Gasteiger partial charge in [-0.3, -0.25) is 14.4 Å². The van der Waals surface area contributed by atoms with Crippen molar-refractivity contribution in [2.45, 2.75) is 11.1 Å². The minimum absolute atomic E-state index is 0.255. The maximum absolute atomic E-state index is 12.9. The maximum atomic E-state index is 12.9. The van der Waals surface area contributed by atoms with Crippen molar-refractivity contribution >= 4 is 33.0 Å². The summed E-state index contributed by atoms with van der Waals surface area (Å²) in [7, 11) is -3.14. The second-order valence-corrected chi connectivity index (χ2v) is 7.26. The Morgan fingerprint density at radius 3 is 2.16 bits per heavy atom. The van der Waals surface area contributed by atoms with Crippen molar-refractivity contribution in [1.82, 2.24) is 0 Å². The number of nitro groups is 1. The number of hydrogen-bond acceptors (Lipinski definition) is 4. The van der Waals surface area contributed by atoms with Crippen LogP contribution in [0.5, 0.6) is 0 Å². The molecule has 0 N–H and O–H groups in total. The summed E-state index contributed by atoms with van der Waals surface area (Å²) in [6.45, 7) is 0. The van der Waals surface area contributed by atoms with E-state index in [1.54, 1.807) is 0 Å². The molecule has 0 aliphatic carbocycles. The lowest BCUT2D eigenvalue weighted by Crippen LogP contribution is -2.27. The number of benzene rings is 2. The van der Waals surface area contributed by atoms with Gasteiger partial charge in [-0.1, -0.05) is 11.6 Å². The van der Waals surface area contributed by atoms with Crippen LogP contribution in [0.15, 0.2) is 47.4 Å². The highest BCUT2D eigenvalue weighted by atomic mass is 35.5. The number of anilines is 1. The van der Waals surface area contributed by atoms with Crippen molar-refractivity contribution in [3.05, 3.63) is 63.2 Å². The maximum Gasteiger partial charge on any atom is 0.417 e. The molecule has 0 atom stereocenters. The number of halogens is 4. The van der Waals surface area contributed by atoms with Crippen molar-refractivity contribution in [2.24, 2.45) is 0 Å². The van der Waals surface area contributed by atoms with E-state index in [9.17, 15) is 31.7 Å². The molecule has 2 aromatic carbocycles. The lowest BCUT2D eigenvalue weighted by Gasteiger charge is -2.21. The van der Waals surface area contributed by atoms with E-state index >= 15 is 0 Å². The summed E-state index contributed by atoms with van der Waals surface area (Å²) in [5, 5.41) is 10.0. The van der Waals surface area contributed by atoms with E-state index in [-0.39, 0.29) is 16.3 Å². The van der Waals surface area contributed by atoms with Crippen LogP contribution in [0.4, 0.5) is 24.5 Å². The van der Waals surface area contributed by atoms with Gasteiger partial charge in [0.05, 0.1) is 26.1 Å². The number of hydrogen-bond donors (Lipinski definition) is 0. The second kappa shape index (κ2) is 6.52. The van der Waals surface area contributed by atoms with Gasteiger partial charge in [-0.25, -0.2) is 8.42 Å². The zero-order valence-electron chi connectivity index (χ0n) is 12.5. The van der Waals surface area contributed by atoms with Gasteiger partial charge >= 0.3 is 6.18 Å².